The van der Waals surface area contributed by atoms with Gasteiger partial charge in [-0.05, 0) is 25.9 Å². The molecular formula is C15H25N3OS. The topological polar surface area (TPSA) is 28.6 Å². The van der Waals surface area contributed by atoms with Gasteiger partial charge in [-0.3, -0.25) is 9.80 Å². The Bertz CT molecular complexity index is 407. The van der Waals surface area contributed by atoms with Crippen molar-refractivity contribution in [3.8, 4) is 0 Å². The molecule has 3 atom stereocenters. The van der Waals surface area contributed by atoms with Crippen LogP contribution in [0.25, 0.3) is 0 Å². The number of likely N-dealkylation sites (tertiary alicyclic amines) is 1. The van der Waals surface area contributed by atoms with Crippen LogP contribution < -0.4 is 0 Å². The van der Waals surface area contributed by atoms with Crippen molar-refractivity contribution in [3.63, 3.8) is 0 Å². The van der Waals surface area contributed by atoms with Crippen molar-refractivity contribution in [3.05, 3.63) is 16.6 Å². The molecule has 0 saturated carbocycles. The van der Waals surface area contributed by atoms with E-state index in [4.69, 9.17) is 4.74 Å². The zero-order chi connectivity index (χ0) is 13.9. The molecule has 0 N–H and O–H groups in total. The molecule has 0 aromatic carbocycles. The number of nitrogens with zero attached hydrogens (tertiary/aromatic N) is 3. The molecule has 3 rings (SSSR count). The summed E-state index contributed by atoms with van der Waals surface area (Å²) in [6.45, 7) is 9.77. The van der Waals surface area contributed by atoms with Gasteiger partial charge >= 0.3 is 0 Å². The van der Waals surface area contributed by atoms with Crippen molar-refractivity contribution in [1.29, 1.82) is 0 Å². The fourth-order valence-corrected chi connectivity index (χ4v) is 4.37. The molecule has 0 amide bonds. The largest absolute Gasteiger partial charge is 0.375 e. The van der Waals surface area contributed by atoms with Gasteiger partial charge in [0.25, 0.3) is 0 Å². The number of ether oxygens (including phenoxy) is 1. The van der Waals surface area contributed by atoms with E-state index < -0.39 is 0 Å². The van der Waals surface area contributed by atoms with Crippen LogP contribution in [0.5, 0.6) is 0 Å². The van der Waals surface area contributed by atoms with Gasteiger partial charge in [0.05, 0.1) is 18.7 Å². The molecule has 2 fully saturated rings. The van der Waals surface area contributed by atoms with Crippen molar-refractivity contribution >= 4 is 11.3 Å². The lowest BCUT2D eigenvalue weighted by molar-refractivity contribution is -0.0397. The quantitative estimate of drug-likeness (QED) is 0.833. The predicted octanol–water partition coefficient (Wildman–Crippen LogP) is 2.22. The minimum Gasteiger partial charge on any atom is -0.375 e. The number of rotatable bonds is 5. The van der Waals surface area contributed by atoms with E-state index in [0.29, 0.717) is 18.2 Å². The highest BCUT2D eigenvalue weighted by Crippen LogP contribution is 2.32. The minimum absolute atomic E-state index is 0.392. The zero-order valence-electron chi connectivity index (χ0n) is 12.5. The van der Waals surface area contributed by atoms with Crippen LogP contribution in [0.3, 0.4) is 0 Å². The average Bonchev–Trinajstić information content (AvgIpc) is 3.10. The highest BCUT2D eigenvalue weighted by atomic mass is 32.1. The standard InChI is InChI=1S/C15H25N3OS/c1-3-17(4-2)13-10-18(11-14-16-7-9-20-14)12-6-5-8-19-15(12)13/h7,9,12-13,15H,3-6,8,10-11H2,1-2H3/t12-,13-,15+/m1/s1. The molecule has 20 heavy (non-hydrogen) atoms. The van der Waals surface area contributed by atoms with Gasteiger partial charge in [0.2, 0.25) is 0 Å². The maximum atomic E-state index is 6.15. The fourth-order valence-electron chi connectivity index (χ4n) is 3.73. The smallest absolute Gasteiger partial charge is 0.107 e. The van der Waals surface area contributed by atoms with E-state index in [-0.39, 0.29) is 0 Å². The molecule has 0 unspecified atom stereocenters. The first-order chi connectivity index (χ1) is 9.83. The molecule has 1 aromatic rings. The molecule has 0 aliphatic carbocycles. The molecule has 2 aliphatic heterocycles. The predicted molar refractivity (Wildman–Crippen MR) is 82.0 cm³/mol. The molecular weight excluding hydrogens is 270 g/mol. The first kappa shape index (κ1) is 14.4. The zero-order valence-corrected chi connectivity index (χ0v) is 13.3. The highest BCUT2D eigenvalue weighted by Gasteiger charge is 2.45. The summed E-state index contributed by atoms with van der Waals surface area (Å²) in [5.74, 6) is 0. The summed E-state index contributed by atoms with van der Waals surface area (Å²) >= 11 is 1.76. The molecule has 0 bridgehead atoms. The number of hydrogen-bond donors (Lipinski definition) is 0. The van der Waals surface area contributed by atoms with Crippen LogP contribution in [0.2, 0.25) is 0 Å². The second kappa shape index (κ2) is 6.52. The van der Waals surface area contributed by atoms with E-state index in [1.807, 2.05) is 6.20 Å². The van der Waals surface area contributed by atoms with Crippen LogP contribution in [0, 0.1) is 0 Å². The average molecular weight is 295 g/mol. The molecule has 3 heterocycles. The van der Waals surface area contributed by atoms with Crippen LogP contribution in [0.1, 0.15) is 31.7 Å². The first-order valence-corrected chi connectivity index (χ1v) is 8.69. The summed E-state index contributed by atoms with van der Waals surface area (Å²) in [7, 11) is 0. The third kappa shape index (κ3) is 2.77. The number of aromatic nitrogens is 1. The maximum Gasteiger partial charge on any atom is 0.107 e. The van der Waals surface area contributed by atoms with E-state index in [1.165, 1.54) is 17.8 Å². The molecule has 0 spiro atoms. The van der Waals surface area contributed by atoms with Crippen molar-refractivity contribution in [2.45, 2.75) is 51.4 Å². The lowest BCUT2D eigenvalue weighted by atomic mass is 10.00. The Labute approximate surface area is 125 Å². The minimum atomic E-state index is 0.392. The van der Waals surface area contributed by atoms with E-state index in [1.54, 1.807) is 11.3 Å². The SMILES string of the molecule is CCN(CC)[C@@H]1CN(Cc2nccs2)[C@@H]2CCCO[C@H]12. The van der Waals surface area contributed by atoms with Gasteiger partial charge in [0.15, 0.2) is 0 Å². The van der Waals surface area contributed by atoms with Crippen LogP contribution in [0.15, 0.2) is 11.6 Å². The third-order valence-corrected chi connectivity index (χ3v) is 5.47. The second-order valence-corrected chi connectivity index (χ2v) is 6.67. The third-order valence-electron chi connectivity index (χ3n) is 4.71. The number of thiazole rings is 1. The van der Waals surface area contributed by atoms with Crippen LogP contribution >= 0.6 is 11.3 Å². The first-order valence-electron chi connectivity index (χ1n) is 7.81. The second-order valence-electron chi connectivity index (χ2n) is 5.69. The highest BCUT2D eigenvalue weighted by molar-refractivity contribution is 7.09. The maximum absolute atomic E-state index is 6.15. The summed E-state index contributed by atoms with van der Waals surface area (Å²) in [5.41, 5.74) is 0. The summed E-state index contributed by atoms with van der Waals surface area (Å²) in [6, 6.07) is 1.13. The van der Waals surface area contributed by atoms with E-state index in [2.05, 4.69) is 34.0 Å². The number of hydrogen-bond acceptors (Lipinski definition) is 5. The number of fused-ring (bicyclic) bond motifs is 1. The molecule has 4 nitrogen and oxygen atoms in total. The molecule has 1 aromatic heterocycles. The van der Waals surface area contributed by atoms with Gasteiger partial charge < -0.3 is 4.74 Å². The van der Waals surface area contributed by atoms with Gasteiger partial charge in [0.1, 0.15) is 5.01 Å². The van der Waals surface area contributed by atoms with Gasteiger partial charge in [0, 0.05) is 30.8 Å². The number of likely N-dealkylation sites (N-methyl/N-ethyl adjacent to an activating group) is 1. The fraction of sp³-hybridized carbons (Fsp3) is 0.800. The van der Waals surface area contributed by atoms with Crippen molar-refractivity contribution in [2.24, 2.45) is 0 Å². The van der Waals surface area contributed by atoms with Gasteiger partial charge in [-0.15, -0.1) is 11.3 Å². The Morgan fingerprint density at radius 1 is 1.45 bits per heavy atom. The lowest BCUT2D eigenvalue weighted by Crippen LogP contribution is -2.47. The molecule has 5 heteroatoms. The van der Waals surface area contributed by atoms with Crippen molar-refractivity contribution < 1.29 is 4.74 Å². The van der Waals surface area contributed by atoms with Gasteiger partial charge in [-0.2, -0.15) is 0 Å². The van der Waals surface area contributed by atoms with E-state index in [0.717, 1.165) is 32.8 Å². The Kier molecular flexibility index (Phi) is 4.71. The van der Waals surface area contributed by atoms with E-state index >= 15 is 0 Å². The molecule has 0 radical (unpaired) electrons. The normalized spacial score (nSPS) is 30.9. The van der Waals surface area contributed by atoms with Crippen LogP contribution in [0.4, 0.5) is 0 Å². The Hall–Kier alpha value is -0.490. The van der Waals surface area contributed by atoms with Gasteiger partial charge in [-0.1, -0.05) is 13.8 Å². The van der Waals surface area contributed by atoms with E-state index in [9.17, 15) is 0 Å². The summed E-state index contributed by atoms with van der Waals surface area (Å²) in [5, 5.41) is 3.30. The Morgan fingerprint density at radius 2 is 2.30 bits per heavy atom. The Balaban J connectivity index is 1.74. The van der Waals surface area contributed by atoms with Crippen LogP contribution in [-0.4, -0.2) is 59.2 Å². The Morgan fingerprint density at radius 3 is 3.00 bits per heavy atom. The molecule has 2 saturated heterocycles. The summed E-state index contributed by atoms with van der Waals surface area (Å²) < 4.78 is 6.15. The monoisotopic (exact) mass is 295 g/mol. The van der Waals surface area contributed by atoms with Gasteiger partial charge in [-0.25, -0.2) is 4.98 Å². The summed E-state index contributed by atoms with van der Waals surface area (Å²) in [6.07, 6.45) is 4.77. The van der Waals surface area contributed by atoms with Crippen LogP contribution in [-0.2, 0) is 11.3 Å². The lowest BCUT2D eigenvalue weighted by Gasteiger charge is -2.35. The van der Waals surface area contributed by atoms with Crippen molar-refractivity contribution in [1.82, 2.24) is 14.8 Å². The summed E-state index contributed by atoms with van der Waals surface area (Å²) in [4.78, 5) is 9.61. The molecule has 2 aliphatic rings. The van der Waals surface area contributed by atoms with Crippen molar-refractivity contribution in [2.75, 3.05) is 26.2 Å². The molecule has 112 valence electrons.